The second kappa shape index (κ2) is 12.9. The SMILES string of the molecule is COC[C@@H](C)Nc1cc(CCN(C)C)ccc1C(=O)Nc1nn(C(=O)O)c2ccc(S(=O)(=O)c3cc(F)cc(F)c3)cc12. The summed E-state index contributed by atoms with van der Waals surface area (Å²) in [5.41, 5.74) is 1.70. The molecule has 3 aromatic carbocycles. The number of hydrogen-bond acceptors (Lipinski definition) is 8. The van der Waals surface area contributed by atoms with Crippen LogP contribution in [0.1, 0.15) is 22.8 Å². The first kappa shape index (κ1) is 31.5. The largest absolute Gasteiger partial charge is 0.463 e. The summed E-state index contributed by atoms with van der Waals surface area (Å²) >= 11 is 0. The van der Waals surface area contributed by atoms with Gasteiger partial charge in [-0.25, -0.2) is 22.0 Å². The summed E-state index contributed by atoms with van der Waals surface area (Å²) < 4.78 is 59.8. The van der Waals surface area contributed by atoms with Crippen molar-refractivity contribution < 1.29 is 36.6 Å². The fraction of sp³-hybridized carbons (Fsp3) is 0.276. The predicted molar refractivity (Wildman–Crippen MR) is 157 cm³/mol. The van der Waals surface area contributed by atoms with Gasteiger partial charge < -0.3 is 25.4 Å². The molecule has 1 heterocycles. The summed E-state index contributed by atoms with van der Waals surface area (Å²) in [6.07, 6.45) is -0.753. The number of fused-ring (bicyclic) bond motifs is 1. The number of rotatable bonds is 11. The molecule has 11 nitrogen and oxygen atoms in total. The molecule has 0 unspecified atom stereocenters. The van der Waals surface area contributed by atoms with Crippen molar-refractivity contribution in [2.45, 2.75) is 29.2 Å². The molecule has 0 bridgehead atoms. The van der Waals surface area contributed by atoms with Crippen molar-refractivity contribution in [3.8, 4) is 0 Å². The molecule has 0 spiro atoms. The lowest BCUT2D eigenvalue weighted by Gasteiger charge is -2.19. The number of carbonyl (C=O) groups is 2. The van der Waals surface area contributed by atoms with Crippen molar-refractivity contribution in [2.75, 3.05) is 45.0 Å². The molecule has 14 heteroatoms. The smallest absolute Gasteiger partial charge is 0.432 e. The maximum atomic E-state index is 13.8. The lowest BCUT2D eigenvalue weighted by Crippen LogP contribution is -2.24. The number of likely N-dealkylation sites (N-methyl/N-ethyl adjacent to an activating group) is 1. The second-order valence-corrected chi connectivity index (χ2v) is 12.2. The zero-order valence-electron chi connectivity index (χ0n) is 23.9. The van der Waals surface area contributed by atoms with Crippen molar-refractivity contribution in [3.05, 3.63) is 77.4 Å². The van der Waals surface area contributed by atoms with Crippen LogP contribution >= 0.6 is 0 Å². The molecular formula is C29H31F2N5O6S. The van der Waals surface area contributed by atoms with E-state index in [0.29, 0.717) is 35.2 Å². The van der Waals surface area contributed by atoms with Gasteiger partial charge in [0.15, 0.2) is 5.82 Å². The van der Waals surface area contributed by atoms with Crippen molar-refractivity contribution >= 4 is 44.2 Å². The van der Waals surface area contributed by atoms with Gasteiger partial charge in [-0.3, -0.25) is 4.79 Å². The van der Waals surface area contributed by atoms with Crippen LogP contribution in [0.4, 0.5) is 25.1 Å². The number of ether oxygens (including phenoxy) is 1. The first-order valence-corrected chi connectivity index (χ1v) is 14.6. The molecule has 3 N–H and O–H groups in total. The molecule has 228 valence electrons. The van der Waals surface area contributed by atoms with E-state index in [9.17, 15) is 31.9 Å². The van der Waals surface area contributed by atoms with Crippen LogP contribution in [0, 0.1) is 11.6 Å². The highest BCUT2D eigenvalue weighted by Crippen LogP contribution is 2.31. The quantitative estimate of drug-likeness (QED) is 0.223. The van der Waals surface area contributed by atoms with Gasteiger partial charge in [-0.05, 0) is 75.5 Å². The summed E-state index contributed by atoms with van der Waals surface area (Å²) in [5, 5.41) is 19.5. The van der Waals surface area contributed by atoms with Crippen molar-refractivity contribution in [1.29, 1.82) is 0 Å². The average Bonchev–Trinajstić information content (AvgIpc) is 3.29. The normalized spacial score (nSPS) is 12.4. The van der Waals surface area contributed by atoms with E-state index < -0.39 is 38.4 Å². The van der Waals surface area contributed by atoms with E-state index in [-0.39, 0.29) is 33.2 Å². The molecule has 0 aliphatic rings. The first-order chi connectivity index (χ1) is 20.3. The van der Waals surface area contributed by atoms with Crippen LogP contribution in [0.2, 0.25) is 0 Å². The number of amides is 1. The number of hydrogen-bond donors (Lipinski definition) is 3. The van der Waals surface area contributed by atoms with E-state index >= 15 is 0 Å². The zero-order valence-corrected chi connectivity index (χ0v) is 24.7. The Morgan fingerprint density at radius 3 is 2.37 bits per heavy atom. The van der Waals surface area contributed by atoms with Crippen molar-refractivity contribution in [1.82, 2.24) is 14.7 Å². The van der Waals surface area contributed by atoms with Gasteiger partial charge in [0.25, 0.3) is 5.91 Å². The number of nitrogens with zero attached hydrogens (tertiary/aromatic N) is 3. The highest BCUT2D eigenvalue weighted by molar-refractivity contribution is 7.91. The Bertz CT molecular complexity index is 1770. The average molecular weight is 616 g/mol. The Labute approximate surface area is 247 Å². The number of methoxy groups -OCH3 is 1. The molecule has 0 aliphatic heterocycles. The van der Waals surface area contributed by atoms with Gasteiger partial charge in [-0.2, -0.15) is 4.68 Å². The van der Waals surface area contributed by atoms with Crippen LogP contribution in [0.5, 0.6) is 0 Å². The first-order valence-electron chi connectivity index (χ1n) is 13.1. The maximum absolute atomic E-state index is 13.8. The minimum atomic E-state index is -4.43. The molecule has 0 saturated carbocycles. The fourth-order valence-electron chi connectivity index (χ4n) is 4.47. The molecule has 0 radical (unpaired) electrons. The predicted octanol–water partition coefficient (Wildman–Crippen LogP) is 4.48. The summed E-state index contributed by atoms with van der Waals surface area (Å²) in [5.74, 6) is -3.02. The summed E-state index contributed by atoms with van der Waals surface area (Å²) in [6, 6.07) is 10.4. The topological polar surface area (TPSA) is 143 Å². The monoisotopic (exact) mass is 615 g/mol. The van der Waals surface area contributed by atoms with Gasteiger partial charge in [-0.1, -0.05) is 6.07 Å². The highest BCUT2D eigenvalue weighted by atomic mass is 32.2. The molecular weight excluding hydrogens is 584 g/mol. The van der Waals surface area contributed by atoms with E-state index in [1.807, 2.05) is 32.0 Å². The molecule has 43 heavy (non-hydrogen) atoms. The number of benzene rings is 3. The minimum Gasteiger partial charge on any atom is -0.463 e. The van der Waals surface area contributed by atoms with E-state index in [0.717, 1.165) is 30.7 Å². The van der Waals surface area contributed by atoms with Crippen molar-refractivity contribution in [2.24, 2.45) is 0 Å². The van der Waals surface area contributed by atoms with Gasteiger partial charge in [0.1, 0.15) is 11.6 Å². The summed E-state index contributed by atoms with van der Waals surface area (Å²) in [7, 11) is 1.04. The van der Waals surface area contributed by atoms with Crippen LogP contribution in [0.15, 0.2) is 64.4 Å². The van der Waals surface area contributed by atoms with E-state index in [4.69, 9.17) is 4.74 Å². The van der Waals surface area contributed by atoms with Crippen LogP contribution in [0.25, 0.3) is 10.9 Å². The molecule has 0 saturated heterocycles. The second-order valence-electron chi connectivity index (χ2n) is 10.2. The molecule has 4 aromatic rings. The lowest BCUT2D eigenvalue weighted by atomic mass is 10.0. The number of aromatic nitrogens is 2. The Kier molecular flexibility index (Phi) is 9.43. The number of halogens is 2. The maximum Gasteiger partial charge on any atom is 0.432 e. The van der Waals surface area contributed by atoms with E-state index in [1.54, 1.807) is 19.2 Å². The summed E-state index contributed by atoms with van der Waals surface area (Å²) in [6.45, 7) is 3.03. The number of nitrogens with one attached hydrogen (secondary N) is 2. The van der Waals surface area contributed by atoms with E-state index in [2.05, 4.69) is 15.7 Å². The minimum absolute atomic E-state index is 0.0152. The standard InChI is InChI=1S/C29H31F2N5O6S/c1-17(16-42-4)32-25-11-18(9-10-35(2)3)5-7-23(25)28(37)33-27-24-15-21(6-8-26(24)36(34-27)29(38)39)43(40,41)22-13-19(30)12-20(31)14-22/h5-8,11-15,17,32H,9-10,16H2,1-4H3,(H,38,39)(H,33,34,37)/t17-/m1/s1. The van der Waals surface area contributed by atoms with Crippen LogP contribution in [-0.4, -0.2) is 80.6 Å². The summed E-state index contributed by atoms with van der Waals surface area (Å²) in [4.78, 5) is 26.5. The number of sulfone groups is 1. The van der Waals surface area contributed by atoms with Crippen LogP contribution in [0.3, 0.4) is 0 Å². The van der Waals surface area contributed by atoms with Gasteiger partial charge in [0, 0.05) is 36.8 Å². The number of anilines is 2. The van der Waals surface area contributed by atoms with E-state index in [1.165, 1.54) is 6.07 Å². The number of carboxylic acid groups (broad SMARTS) is 1. The Hall–Kier alpha value is -4.40. The molecule has 0 fully saturated rings. The molecule has 1 aromatic heterocycles. The molecule has 4 rings (SSSR count). The van der Waals surface area contributed by atoms with Crippen LogP contribution < -0.4 is 10.6 Å². The third-order valence-corrected chi connectivity index (χ3v) is 8.25. The van der Waals surface area contributed by atoms with Crippen molar-refractivity contribution in [3.63, 3.8) is 0 Å². The van der Waals surface area contributed by atoms with Gasteiger partial charge >= 0.3 is 6.09 Å². The Morgan fingerprint density at radius 1 is 1.05 bits per heavy atom. The van der Waals surface area contributed by atoms with Gasteiger partial charge in [0.2, 0.25) is 9.84 Å². The number of carbonyl (C=O) groups excluding carboxylic acids is 1. The van der Waals surface area contributed by atoms with Gasteiger partial charge in [-0.15, -0.1) is 5.10 Å². The zero-order chi connectivity index (χ0) is 31.5. The Morgan fingerprint density at radius 2 is 1.74 bits per heavy atom. The van der Waals surface area contributed by atoms with Crippen LogP contribution in [-0.2, 0) is 21.0 Å². The third kappa shape index (κ3) is 7.16. The highest BCUT2D eigenvalue weighted by Gasteiger charge is 2.24. The van der Waals surface area contributed by atoms with Gasteiger partial charge in [0.05, 0.1) is 27.5 Å². The fourth-order valence-corrected chi connectivity index (χ4v) is 5.80. The Balaban J connectivity index is 1.76. The third-order valence-electron chi connectivity index (χ3n) is 6.52. The molecule has 1 atom stereocenters. The molecule has 0 aliphatic carbocycles. The lowest BCUT2D eigenvalue weighted by molar-refractivity contribution is 0.102. The molecule has 1 amide bonds.